The van der Waals surface area contributed by atoms with Gasteiger partial charge < -0.3 is 9.47 Å². The van der Waals surface area contributed by atoms with Gasteiger partial charge in [0.15, 0.2) is 0 Å². The van der Waals surface area contributed by atoms with Crippen molar-refractivity contribution >= 4 is 6.09 Å². The summed E-state index contributed by atoms with van der Waals surface area (Å²) in [6.07, 6.45) is 1.33. The first kappa shape index (κ1) is 17.1. The molecule has 0 spiro atoms. The molecule has 23 heavy (non-hydrogen) atoms. The molecule has 1 aromatic carbocycles. The second kappa shape index (κ2) is 6.11. The van der Waals surface area contributed by atoms with Crippen LogP contribution in [-0.2, 0) is 4.74 Å². The second-order valence-corrected chi connectivity index (χ2v) is 7.48. The molecular formula is C19H25NO3. The topological polar surface area (TPSA) is 40.5 Å². The molecule has 0 bridgehead atoms. The highest BCUT2D eigenvalue weighted by atomic mass is 16.6. The van der Waals surface area contributed by atoms with E-state index in [4.69, 9.17) is 9.47 Å². The van der Waals surface area contributed by atoms with Gasteiger partial charge in [0.25, 0.3) is 0 Å². The molecule has 0 saturated heterocycles. The second-order valence-electron chi connectivity index (χ2n) is 7.48. The fraction of sp³-hybridized carbons (Fsp3) is 0.421. The van der Waals surface area contributed by atoms with E-state index in [9.17, 15) is 4.79 Å². The summed E-state index contributed by atoms with van der Waals surface area (Å²) in [5, 5.41) is 0. The first-order valence-electron chi connectivity index (χ1n) is 7.75. The monoisotopic (exact) mass is 315 g/mol. The molecule has 0 N–H and O–H groups in total. The molecule has 0 fully saturated rings. The predicted molar refractivity (Wildman–Crippen MR) is 91.9 cm³/mol. The van der Waals surface area contributed by atoms with Crippen LogP contribution in [0.3, 0.4) is 0 Å². The summed E-state index contributed by atoms with van der Waals surface area (Å²) in [6, 6.07) is 11.4. The zero-order chi connectivity index (χ0) is 17.3. The van der Waals surface area contributed by atoms with Gasteiger partial charge in [-0.1, -0.05) is 0 Å². The van der Waals surface area contributed by atoms with Gasteiger partial charge in [0.1, 0.15) is 17.0 Å². The van der Waals surface area contributed by atoms with Gasteiger partial charge >= 0.3 is 6.09 Å². The number of hydrogen-bond donors (Lipinski definition) is 0. The van der Waals surface area contributed by atoms with Crippen LogP contribution in [0, 0.1) is 0 Å². The average Bonchev–Trinajstić information content (AvgIpc) is 2.85. The fourth-order valence-corrected chi connectivity index (χ4v) is 2.13. The van der Waals surface area contributed by atoms with E-state index in [0.717, 1.165) is 17.0 Å². The maximum absolute atomic E-state index is 12.3. The lowest BCUT2D eigenvalue weighted by Crippen LogP contribution is -2.27. The van der Waals surface area contributed by atoms with Crippen molar-refractivity contribution in [2.24, 2.45) is 0 Å². The Hall–Kier alpha value is -2.23. The normalized spacial score (nSPS) is 12.1. The molecule has 1 heterocycles. The van der Waals surface area contributed by atoms with Crippen LogP contribution in [0.5, 0.6) is 5.75 Å². The van der Waals surface area contributed by atoms with Crippen molar-refractivity contribution in [1.29, 1.82) is 0 Å². The number of ether oxygens (including phenoxy) is 2. The molecule has 0 radical (unpaired) electrons. The Morgan fingerprint density at radius 2 is 1.52 bits per heavy atom. The molecule has 2 aromatic rings. The van der Waals surface area contributed by atoms with Crippen molar-refractivity contribution in [3.05, 3.63) is 42.6 Å². The predicted octanol–water partition coefficient (Wildman–Crippen LogP) is 5.12. The minimum absolute atomic E-state index is 0.238. The van der Waals surface area contributed by atoms with Crippen LogP contribution in [-0.4, -0.2) is 21.9 Å². The fourth-order valence-electron chi connectivity index (χ4n) is 2.13. The van der Waals surface area contributed by atoms with Gasteiger partial charge in [-0.3, -0.25) is 4.57 Å². The van der Waals surface area contributed by atoms with Gasteiger partial charge in [0.05, 0.1) is 5.69 Å². The van der Waals surface area contributed by atoms with Crippen molar-refractivity contribution in [2.75, 3.05) is 0 Å². The standard InChI is InChI=1S/C19H25NO3/c1-18(2,3)22-15-11-9-14(10-12-15)16-8-7-13-20(16)17(21)23-19(4,5)6/h7-13H,1-6H3. The highest BCUT2D eigenvalue weighted by Gasteiger charge is 2.20. The van der Waals surface area contributed by atoms with Gasteiger partial charge in [-0.05, 0) is 83.5 Å². The molecule has 0 aliphatic heterocycles. The van der Waals surface area contributed by atoms with Gasteiger partial charge in [0, 0.05) is 6.20 Å². The Kier molecular flexibility index (Phi) is 4.55. The van der Waals surface area contributed by atoms with Crippen molar-refractivity contribution < 1.29 is 14.3 Å². The zero-order valence-corrected chi connectivity index (χ0v) is 14.7. The van der Waals surface area contributed by atoms with Crippen LogP contribution in [0.1, 0.15) is 41.5 Å². The van der Waals surface area contributed by atoms with E-state index in [-0.39, 0.29) is 11.7 Å². The SMILES string of the molecule is CC(C)(C)OC(=O)n1cccc1-c1ccc(OC(C)(C)C)cc1. The van der Waals surface area contributed by atoms with Gasteiger partial charge in [-0.15, -0.1) is 0 Å². The van der Waals surface area contributed by atoms with Gasteiger partial charge in [0.2, 0.25) is 0 Å². The highest BCUT2D eigenvalue weighted by Crippen LogP contribution is 2.25. The number of carbonyl (C=O) groups is 1. The molecule has 4 heteroatoms. The van der Waals surface area contributed by atoms with Crippen LogP contribution >= 0.6 is 0 Å². The molecule has 0 aliphatic rings. The maximum atomic E-state index is 12.3. The molecule has 1 aromatic heterocycles. The zero-order valence-electron chi connectivity index (χ0n) is 14.7. The van der Waals surface area contributed by atoms with Crippen molar-refractivity contribution in [2.45, 2.75) is 52.7 Å². The number of aromatic nitrogens is 1. The number of hydrogen-bond acceptors (Lipinski definition) is 3. The van der Waals surface area contributed by atoms with Crippen molar-refractivity contribution in [3.63, 3.8) is 0 Å². The molecule has 0 unspecified atom stereocenters. The molecule has 124 valence electrons. The molecule has 0 saturated carbocycles. The number of benzene rings is 1. The third-order valence-corrected chi connectivity index (χ3v) is 2.91. The summed E-state index contributed by atoms with van der Waals surface area (Å²) in [4.78, 5) is 12.3. The first-order valence-corrected chi connectivity index (χ1v) is 7.75. The molecule has 0 aliphatic carbocycles. The van der Waals surface area contributed by atoms with E-state index < -0.39 is 5.60 Å². The van der Waals surface area contributed by atoms with Crippen LogP contribution in [0.15, 0.2) is 42.6 Å². The van der Waals surface area contributed by atoms with Crippen LogP contribution < -0.4 is 4.74 Å². The highest BCUT2D eigenvalue weighted by molar-refractivity contribution is 5.78. The Bertz CT molecular complexity index is 670. The van der Waals surface area contributed by atoms with Gasteiger partial charge in [-0.2, -0.15) is 0 Å². The summed E-state index contributed by atoms with van der Waals surface area (Å²) >= 11 is 0. The van der Waals surface area contributed by atoms with E-state index in [1.54, 1.807) is 6.20 Å². The van der Waals surface area contributed by atoms with Crippen LogP contribution in [0.2, 0.25) is 0 Å². The smallest absolute Gasteiger partial charge is 0.418 e. The molecule has 0 atom stereocenters. The summed E-state index contributed by atoms with van der Waals surface area (Å²) < 4.78 is 12.8. The summed E-state index contributed by atoms with van der Waals surface area (Å²) in [5.41, 5.74) is 0.963. The Morgan fingerprint density at radius 3 is 2.04 bits per heavy atom. The van der Waals surface area contributed by atoms with E-state index in [2.05, 4.69) is 0 Å². The van der Waals surface area contributed by atoms with Gasteiger partial charge in [-0.25, -0.2) is 4.79 Å². The summed E-state index contributed by atoms with van der Waals surface area (Å²) in [7, 11) is 0. The number of rotatable bonds is 2. The quantitative estimate of drug-likeness (QED) is 0.772. The average molecular weight is 315 g/mol. The lowest BCUT2D eigenvalue weighted by atomic mass is 10.1. The summed E-state index contributed by atoms with van der Waals surface area (Å²) in [6.45, 7) is 11.6. The lowest BCUT2D eigenvalue weighted by molar-refractivity contribution is 0.0540. The Morgan fingerprint density at radius 1 is 0.913 bits per heavy atom. The van der Waals surface area contributed by atoms with E-state index in [1.165, 1.54) is 4.57 Å². The third kappa shape index (κ3) is 4.88. The Labute approximate surface area is 138 Å². The molecule has 2 rings (SSSR count). The summed E-state index contributed by atoms with van der Waals surface area (Å²) in [5.74, 6) is 0.802. The number of nitrogens with zero attached hydrogens (tertiary/aromatic N) is 1. The molecule has 4 nitrogen and oxygen atoms in total. The van der Waals surface area contributed by atoms with Crippen LogP contribution in [0.4, 0.5) is 4.79 Å². The largest absolute Gasteiger partial charge is 0.488 e. The van der Waals surface area contributed by atoms with Crippen molar-refractivity contribution in [3.8, 4) is 17.0 Å². The molecular weight excluding hydrogens is 290 g/mol. The third-order valence-electron chi connectivity index (χ3n) is 2.91. The van der Waals surface area contributed by atoms with E-state index in [0.29, 0.717) is 0 Å². The minimum Gasteiger partial charge on any atom is -0.488 e. The Balaban J connectivity index is 2.23. The van der Waals surface area contributed by atoms with E-state index >= 15 is 0 Å². The number of carbonyl (C=O) groups excluding carboxylic acids is 1. The maximum Gasteiger partial charge on any atom is 0.418 e. The first-order chi connectivity index (χ1) is 10.6. The minimum atomic E-state index is -0.525. The van der Waals surface area contributed by atoms with E-state index in [1.807, 2.05) is 77.9 Å². The molecule has 0 amide bonds. The lowest BCUT2D eigenvalue weighted by Gasteiger charge is -2.22. The van der Waals surface area contributed by atoms with Crippen molar-refractivity contribution in [1.82, 2.24) is 4.57 Å². The van der Waals surface area contributed by atoms with Crippen LogP contribution in [0.25, 0.3) is 11.3 Å².